The lowest BCUT2D eigenvalue weighted by Gasteiger charge is -2.61. The normalized spacial score (nSPS) is 47.2. The molecule has 0 aromatic rings. The van der Waals surface area contributed by atoms with Crippen molar-refractivity contribution in [1.82, 2.24) is 0 Å². The number of allylic oxidation sites excluding steroid dienone is 1. The summed E-state index contributed by atoms with van der Waals surface area (Å²) in [5.74, 6) is 1.19. The van der Waals surface area contributed by atoms with Crippen LogP contribution in [0.2, 0.25) is 0 Å². The molecule has 0 unspecified atom stereocenters. The van der Waals surface area contributed by atoms with E-state index >= 15 is 0 Å². The van der Waals surface area contributed by atoms with Crippen LogP contribution in [-0.4, -0.2) is 34.0 Å². The van der Waals surface area contributed by atoms with Gasteiger partial charge in [0, 0.05) is 30.9 Å². The van der Waals surface area contributed by atoms with Crippen LogP contribution in [0.3, 0.4) is 0 Å². The third-order valence-electron chi connectivity index (χ3n) is 10.0. The van der Waals surface area contributed by atoms with Gasteiger partial charge in [0.25, 0.3) is 0 Å². The van der Waals surface area contributed by atoms with E-state index in [2.05, 4.69) is 19.9 Å². The van der Waals surface area contributed by atoms with Gasteiger partial charge in [-0.2, -0.15) is 0 Å². The van der Waals surface area contributed by atoms with E-state index in [1.807, 2.05) is 0 Å². The molecular formula is C26H36O5S. The molecule has 5 nitrogen and oxygen atoms in total. The smallest absolute Gasteiger partial charge is 0.306 e. The SMILES string of the molecule is CC(=O)O[C@H]1C=C2C[C@@H](SC(C)=O)[C@H]3[C@H]4CC[C@@]5(CCC(=O)O5)[C@@]4(C)CC[C@@H]3[C@@]2(C)CC1. The zero-order chi connectivity index (χ0) is 22.9. The van der Waals surface area contributed by atoms with Crippen molar-refractivity contribution in [2.75, 3.05) is 0 Å². The van der Waals surface area contributed by atoms with Gasteiger partial charge in [-0.1, -0.05) is 31.2 Å². The third-order valence-corrected chi connectivity index (χ3v) is 11.2. The number of esters is 2. The van der Waals surface area contributed by atoms with Crippen LogP contribution in [0.1, 0.15) is 85.5 Å². The Kier molecular flexibility index (Phi) is 5.35. The highest BCUT2D eigenvalue weighted by molar-refractivity contribution is 8.14. The molecule has 4 fully saturated rings. The summed E-state index contributed by atoms with van der Waals surface area (Å²) in [5, 5.41) is 0.419. The van der Waals surface area contributed by atoms with Crippen molar-refractivity contribution in [2.24, 2.45) is 28.6 Å². The first-order valence-corrected chi connectivity index (χ1v) is 13.2. The molecule has 176 valence electrons. The molecule has 1 spiro atoms. The van der Waals surface area contributed by atoms with Crippen LogP contribution < -0.4 is 0 Å². The summed E-state index contributed by atoms with van der Waals surface area (Å²) >= 11 is 1.51. The van der Waals surface area contributed by atoms with E-state index in [-0.39, 0.29) is 44.8 Å². The van der Waals surface area contributed by atoms with Gasteiger partial charge in [-0.15, -0.1) is 0 Å². The molecule has 0 aromatic heterocycles. The zero-order valence-electron chi connectivity index (χ0n) is 19.8. The van der Waals surface area contributed by atoms with Gasteiger partial charge in [-0.05, 0) is 80.6 Å². The lowest BCUT2D eigenvalue weighted by molar-refractivity contribution is -0.167. The minimum absolute atomic E-state index is 0.00243. The lowest BCUT2D eigenvalue weighted by Crippen LogP contribution is -2.58. The second-order valence-electron chi connectivity index (χ2n) is 11.4. The molecule has 3 saturated carbocycles. The summed E-state index contributed by atoms with van der Waals surface area (Å²) in [6.45, 7) is 7.95. The maximum absolute atomic E-state index is 12.3. The summed E-state index contributed by atoms with van der Waals surface area (Å²) in [4.78, 5) is 36.0. The fourth-order valence-corrected chi connectivity index (χ4v) is 9.80. The predicted octanol–water partition coefficient (Wildman–Crippen LogP) is 5.21. The minimum Gasteiger partial charge on any atom is -0.458 e. The van der Waals surface area contributed by atoms with Crippen LogP contribution in [0.5, 0.6) is 0 Å². The van der Waals surface area contributed by atoms with E-state index in [4.69, 9.17) is 9.47 Å². The minimum atomic E-state index is -0.296. The Morgan fingerprint density at radius 3 is 2.47 bits per heavy atom. The Bertz CT molecular complexity index is 881. The standard InChI is InChI=1S/C26H36O5S/c1-15(27)30-18-5-9-24(3)17(13-18)14-21(32-16(2)28)23-19(24)6-10-25(4)20(23)7-11-26(25)12-8-22(29)31-26/h13,18-21,23H,5-12,14H2,1-4H3/t18-,19+,20-,21-,23-,24+,25+,26-/m1/s1. The van der Waals surface area contributed by atoms with Gasteiger partial charge in [0.05, 0.1) is 0 Å². The van der Waals surface area contributed by atoms with Crippen LogP contribution in [-0.2, 0) is 23.9 Å². The lowest BCUT2D eigenvalue weighted by atomic mass is 9.46. The van der Waals surface area contributed by atoms with Gasteiger partial charge in [0.2, 0.25) is 0 Å². The summed E-state index contributed by atoms with van der Waals surface area (Å²) in [5.41, 5.74) is 1.19. The highest BCUT2D eigenvalue weighted by Gasteiger charge is 2.68. The molecule has 0 radical (unpaired) electrons. The van der Waals surface area contributed by atoms with Crippen LogP contribution >= 0.6 is 11.8 Å². The first-order chi connectivity index (χ1) is 15.1. The molecule has 0 amide bonds. The van der Waals surface area contributed by atoms with Crippen LogP contribution in [0.15, 0.2) is 11.6 Å². The number of hydrogen-bond donors (Lipinski definition) is 0. The van der Waals surface area contributed by atoms with Gasteiger partial charge in [0.15, 0.2) is 5.12 Å². The molecule has 0 aromatic carbocycles. The van der Waals surface area contributed by atoms with Crippen molar-refractivity contribution in [3.8, 4) is 0 Å². The number of hydrogen-bond acceptors (Lipinski definition) is 6. The summed E-state index contributed by atoms with van der Waals surface area (Å²) in [7, 11) is 0. The van der Waals surface area contributed by atoms with E-state index in [1.165, 1.54) is 24.3 Å². The first kappa shape index (κ1) is 22.5. The van der Waals surface area contributed by atoms with E-state index in [1.54, 1.807) is 6.92 Å². The molecule has 0 N–H and O–H groups in total. The molecule has 0 bridgehead atoms. The Morgan fingerprint density at radius 1 is 1.06 bits per heavy atom. The Morgan fingerprint density at radius 2 is 1.81 bits per heavy atom. The Labute approximate surface area is 195 Å². The molecule has 5 aliphatic rings. The van der Waals surface area contributed by atoms with Crippen molar-refractivity contribution in [1.29, 1.82) is 0 Å². The van der Waals surface area contributed by atoms with Gasteiger partial charge >= 0.3 is 11.9 Å². The van der Waals surface area contributed by atoms with E-state index in [0.717, 1.165) is 51.4 Å². The molecule has 1 aliphatic heterocycles. The summed E-state index contributed by atoms with van der Waals surface area (Å²) < 4.78 is 11.6. The fourth-order valence-electron chi connectivity index (χ4n) is 8.57. The van der Waals surface area contributed by atoms with Crippen LogP contribution in [0.25, 0.3) is 0 Å². The van der Waals surface area contributed by atoms with Crippen molar-refractivity contribution < 1.29 is 23.9 Å². The number of thioether (sulfide) groups is 1. The molecule has 4 aliphatic carbocycles. The van der Waals surface area contributed by atoms with Gasteiger partial charge in [0.1, 0.15) is 11.7 Å². The van der Waals surface area contributed by atoms with Crippen molar-refractivity contribution in [3.63, 3.8) is 0 Å². The topological polar surface area (TPSA) is 69.7 Å². The first-order valence-electron chi connectivity index (χ1n) is 12.4. The maximum atomic E-state index is 12.3. The molecule has 6 heteroatoms. The monoisotopic (exact) mass is 460 g/mol. The predicted molar refractivity (Wildman–Crippen MR) is 123 cm³/mol. The number of ether oxygens (including phenoxy) is 2. The number of rotatable bonds is 2. The molecule has 5 rings (SSSR count). The average Bonchev–Trinajstić information content (AvgIpc) is 3.22. The molecular weight excluding hydrogens is 424 g/mol. The van der Waals surface area contributed by atoms with Crippen molar-refractivity contribution >= 4 is 28.8 Å². The number of fused-ring (bicyclic) bond motifs is 6. The van der Waals surface area contributed by atoms with Gasteiger partial charge < -0.3 is 9.47 Å². The Hall–Kier alpha value is -1.30. The Balaban J connectivity index is 1.51. The molecule has 1 saturated heterocycles. The average molecular weight is 461 g/mol. The highest BCUT2D eigenvalue weighted by atomic mass is 32.2. The van der Waals surface area contributed by atoms with Gasteiger partial charge in [-0.3, -0.25) is 14.4 Å². The quantitative estimate of drug-likeness (QED) is 0.416. The second-order valence-corrected chi connectivity index (χ2v) is 12.8. The maximum Gasteiger partial charge on any atom is 0.306 e. The fraction of sp³-hybridized carbons (Fsp3) is 0.808. The molecule has 32 heavy (non-hydrogen) atoms. The third kappa shape index (κ3) is 3.22. The largest absolute Gasteiger partial charge is 0.458 e. The second kappa shape index (κ2) is 7.61. The van der Waals surface area contributed by atoms with Gasteiger partial charge in [-0.25, -0.2) is 0 Å². The van der Waals surface area contributed by atoms with Crippen molar-refractivity contribution in [3.05, 3.63) is 11.6 Å². The van der Waals surface area contributed by atoms with E-state index in [0.29, 0.717) is 24.2 Å². The van der Waals surface area contributed by atoms with Crippen LogP contribution in [0.4, 0.5) is 0 Å². The summed E-state index contributed by atoms with van der Waals surface area (Å²) in [6, 6.07) is 0. The van der Waals surface area contributed by atoms with E-state index < -0.39 is 0 Å². The van der Waals surface area contributed by atoms with E-state index in [9.17, 15) is 14.4 Å². The molecule has 8 atom stereocenters. The zero-order valence-corrected chi connectivity index (χ0v) is 20.6. The molecule has 1 heterocycles. The number of carbonyl (C=O) groups excluding carboxylic acids is 3. The number of carbonyl (C=O) groups is 3. The van der Waals surface area contributed by atoms with Crippen molar-refractivity contribution in [2.45, 2.75) is 102 Å². The summed E-state index contributed by atoms with van der Waals surface area (Å²) in [6.07, 6.45) is 10.5. The highest BCUT2D eigenvalue weighted by Crippen LogP contribution is 2.70. The van der Waals surface area contributed by atoms with Crippen LogP contribution in [0, 0.1) is 28.6 Å².